The van der Waals surface area contributed by atoms with Crippen LogP contribution < -0.4 is 19.5 Å². The van der Waals surface area contributed by atoms with Gasteiger partial charge in [0, 0.05) is 18.7 Å². The summed E-state index contributed by atoms with van der Waals surface area (Å²) in [5.41, 5.74) is 1.31. The second-order valence-corrected chi connectivity index (χ2v) is 7.67. The van der Waals surface area contributed by atoms with E-state index in [0.29, 0.717) is 30.4 Å². The predicted octanol–water partition coefficient (Wildman–Crippen LogP) is 2.46. The molecule has 0 radical (unpaired) electrons. The molecule has 1 aliphatic rings. The highest BCUT2D eigenvalue weighted by Crippen LogP contribution is 2.33. The van der Waals surface area contributed by atoms with Crippen LogP contribution in [0.1, 0.15) is 25.5 Å². The molecule has 7 nitrogen and oxygen atoms in total. The van der Waals surface area contributed by atoms with Crippen molar-refractivity contribution < 1.29 is 22.7 Å². The highest BCUT2D eigenvalue weighted by Gasteiger charge is 2.20. The Kier molecular flexibility index (Phi) is 5.15. The first-order valence-electron chi connectivity index (χ1n) is 8.15. The van der Waals surface area contributed by atoms with E-state index in [-0.39, 0.29) is 10.8 Å². The molecule has 0 spiro atoms. The average Bonchev–Trinajstić information content (AvgIpc) is 2.61. The van der Waals surface area contributed by atoms with Crippen molar-refractivity contribution >= 4 is 21.6 Å². The van der Waals surface area contributed by atoms with Crippen molar-refractivity contribution in [3.05, 3.63) is 48.0 Å². The van der Waals surface area contributed by atoms with Crippen LogP contribution in [0.3, 0.4) is 0 Å². The van der Waals surface area contributed by atoms with E-state index in [1.807, 2.05) is 0 Å². The summed E-state index contributed by atoms with van der Waals surface area (Å²) in [7, 11) is -3.71. The first kappa shape index (κ1) is 18.2. The Hall–Kier alpha value is -2.58. The van der Waals surface area contributed by atoms with Gasteiger partial charge >= 0.3 is 0 Å². The SMILES string of the molecule is CC(=O)Nc1ccc(S(=O)(=O)N[C@H](C)c2ccc3c(c2)OCCO3)cc1. The van der Waals surface area contributed by atoms with E-state index in [0.717, 1.165) is 5.56 Å². The van der Waals surface area contributed by atoms with Crippen LogP contribution in [-0.2, 0) is 14.8 Å². The third-order valence-electron chi connectivity index (χ3n) is 3.88. The van der Waals surface area contributed by atoms with Gasteiger partial charge in [-0.15, -0.1) is 0 Å². The third-order valence-corrected chi connectivity index (χ3v) is 5.44. The highest BCUT2D eigenvalue weighted by molar-refractivity contribution is 7.89. The van der Waals surface area contributed by atoms with E-state index in [4.69, 9.17) is 9.47 Å². The molecule has 1 amide bonds. The molecule has 26 heavy (non-hydrogen) atoms. The van der Waals surface area contributed by atoms with Crippen molar-refractivity contribution in [2.45, 2.75) is 24.8 Å². The van der Waals surface area contributed by atoms with Crippen LogP contribution in [-0.4, -0.2) is 27.5 Å². The number of ether oxygens (including phenoxy) is 2. The maximum Gasteiger partial charge on any atom is 0.241 e. The molecule has 1 heterocycles. The maximum absolute atomic E-state index is 12.6. The zero-order valence-corrected chi connectivity index (χ0v) is 15.3. The van der Waals surface area contributed by atoms with Gasteiger partial charge < -0.3 is 14.8 Å². The number of anilines is 1. The largest absolute Gasteiger partial charge is 0.486 e. The summed E-state index contributed by atoms with van der Waals surface area (Å²) in [6.45, 7) is 4.12. The van der Waals surface area contributed by atoms with Crippen molar-refractivity contribution in [2.75, 3.05) is 18.5 Å². The highest BCUT2D eigenvalue weighted by atomic mass is 32.2. The van der Waals surface area contributed by atoms with Crippen LogP contribution in [0.25, 0.3) is 0 Å². The molecule has 1 aliphatic heterocycles. The minimum absolute atomic E-state index is 0.121. The number of carbonyl (C=O) groups excluding carboxylic acids is 1. The summed E-state index contributed by atoms with van der Waals surface area (Å²) in [6, 6.07) is 10.9. The predicted molar refractivity (Wildman–Crippen MR) is 96.9 cm³/mol. The van der Waals surface area contributed by atoms with Gasteiger partial charge in [0.15, 0.2) is 11.5 Å². The quantitative estimate of drug-likeness (QED) is 0.836. The van der Waals surface area contributed by atoms with Crippen molar-refractivity contribution in [1.82, 2.24) is 4.72 Å². The molecular formula is C18H20N2O5S. The maximum atomic E-state index is 12.6. The van der Waals surface area contributed by atoms with Crippen molar-refractivity contribution in [1.29, 1.82) is 0 Å². The number of fused-ring (bicyclic) bond motifs is 1. The standard InChI is InChI=1S/C18H20N2O5S/c1-12(14-3-8-17-18(11-14)25-10-9-24-17)20-26(22,23)16-6-4-15(5-7-16)19-13(2)21/h3-8,11-12,20H,9-10H2,1-2H3,(H,19,21)/t12-/m1/s1. The number of nitrogens with one attached hydrogen (secondary N) is 2. The Bertz CT molecular complexity index is 910. The smallest absolute Gasteiger partial charge is 0.241 e. The number of rotatable bonds is 5. The van der Waals surface area contributed by atoms with Gasteiger partial charge in [0.2, 0.25) is 15.9 Å². The van der Waals surface area contributed by atoms with E-state index >= 15 is 0 Å². The Morgan fingerprint density at radius 2 is 1.69 bits per heavy atom. The Morgan fingerprint density at radius 1 is 1.04 bits per heavy atom. The molecule has 138 valence electrons. The molecule has 0 bridgehead atoms. The van der Waals surface area contributed by atoms with Gasteiger partial charge in [0.1, 0.15) is 13.2 Å². The molecule has 2 aromatic carbocycles. The molecule has 0 aliphatic carbocycles. The lowest BCUT2D eigenvalue weighted by Gasteiger charge is -2.21. The minimum atomic E-state index is -3.71. The fourth-order valence-electron chi connectivity index (χ4n) is 2.62. The summed E-state index contributed by atoms with van der Waals surface area (Å²) < 4.78 is 38.8. The first-order valence-corrected chi connectivity index (χ1v) is 9.63. The molecular weight excluding hydrogens is 356 g/mol. The molecule has 0 fully saturated rings. The summed E-state index contributed by atoms with van der Waals surface area (Å²) in [5.74, 6) is 1.05. The average molecular weight is 376 g/mol. The van der Waals surface area contributed by atoms with E-state index < -0.39 is 16.1 Å². The van der Waals surface area contributed by atoms with Crippen LogP contribution in [0.2, 0.25) is 0 Å². The topological polar surface area (TPSA) is 93.7 Å². The summed E-state index contributed by atoms with van der Waals surface area (Å²) in [6.07, 6.45) is 0. The molecule has 3 rings (SSSR count). The lowest BCUT2D eigenvalue weighted by molar-refractivity contribution is -0.114. The van der Waals surface area contributed by atoms with Crippen molar-refractivity contribution in [3.63, 3.8) is 0 Å². The number of sulfonamides is 1. The Labute approximate surface area is 152 Å². The van der Waals surface area contributed by atoms with E-state index in [1.165, 1.54) is 19.1 Å². The Morgan fingerprint density at radius 3 is 2.35 bits per heavy atom. The number of hydrogen-bond donors (Lipinski definition) is 2. The zero-order valence-electron chi connectivity index (χ0n) is 14.5. The molecule has 2 N–H and O–H groups in total. The number of amides is 1. The fourth-order valence-corrected chi connectivity index (χ4v) is 3.85. The number of benzene rings is 2. The van der Waals surface area contributed by atoms with Crippen LogP contribution in [0.5, 0.6) is 11.5 Å². The van der Waals surface area contributed by atoms with Crippen LogP contribution >= 0.6 is 0 Å². The molecule has 0 saturated carbocycles. The van der Waals surface area contributed by atoms with Gasteiger partial charge in [-0.1, -0.05) is 6.07 Å². The van der Waals surface area contributed by atoms with Gasteiger partial charge in [0.05, 0.1) is 4.90 Å². The molecule has 0 unspecified atom stereocenters. The number of carbonyl (C=O) groups is 1. The monoisotopic (exact) mass is 376 g/mol. The van der Waals surface area contributed by atoms with Gasteiger partial charge in [-0.25, -0.2) is 13.1 Å². The summed E-state index contributed by atoms with van der Waals surface area (Å²) in [5, 5.41) is 2.60. The van der Waals surface area contributed by atoms with Gasteiger partial charge in [-0.05, 0) is 48.9 Å². The fraction of sp³-hybridized carbons (Fsp3) is 0.278. The lowest BCUT2D eigenvalue weighted by atomic mass is 10.1. The molecule has 8 heteroatoms. The third kappa shape index (κ3) is 4.14. The molecule has 0 aromatic heterocycles. The normalized spacial score (nSPS) is 14.5. The van der Waals surface area contributed by atoms with Crippen molar-refractivity contribution in [3.8, 4) is 11.5 Å². The molecule has 0 saturated heterocycles. The molecule has 2 aromatic rings. The zero-order chi connectivity index (χ0) is 18.7. The Balaban J connectivity index is 1.75. The second kappa shape index (κ2) is 7.35. The summed E-state index contributed by atoms with van der Waals surface area (Å²) in [4.78, 5) is 11.2. The van der Waals surface area contributed by atoms with Gasteiger partial charge in [0.25, 0.3) is 0 Å². The minimum Gasteiger partial charge on any atom is -0.486 e. The lowest BCUT2D eigenvalue weighted by Crippen LogP contribution is -2.27. The van der Waals surface area contributed by atoms with Gasteiger partial charge in [-0.3, -0.25) is 4.79 Å². The summed E-state index contributed by atoms with van der Waals surface area (Å²) >= 11 is 0. The van der Waals surface area contributed by atoms with Crippen LogP contribution in [0.4, 0.5) is 5.69 Å². The van der Waals surface area contributed by atoms with Crippen LogP contribution in [0.15, 0.2) is 47.4 Å². The number of hydrogen-bond acceptors (Lipinski definition) is 5. The molecule has 1 atom stereocenters. The first-order chi connectivity index (χ1) is 12.3. The van der Waals surface area contributed by atoms with Crippen molar-refractivity contribution in [2.24, 2.45) is 0 Å². The van der Waals surface area contributed by atoms with E-state index in [1.54, 1.807) is 37.3 Å². The second-order valence-electron chi connectivity index (χ2n) is 5.95. The van der Waals surface area contributed by atoms with Gasteiger partial charge in [-0.2, -0.15) is 0 Å². The van der Waals surface area contributed by atoms with E-state index in [2.05, 4.69) is 10.0 Å². The van der Waals surface area contributed by atoms with E-state index in [9.17, 15) is 13.2 Å². The van der Waals surface area contributed by atoms with Crippen LogP contribution in [0, 0.1) is 0 Å².